The van der Waals surface area contributed by atoms with Gasteiger partial charge in [-0.3, -0.25) is 9.59 Å². The van der Waals surface area contributed by atoms with Crippen LogP contribution in [0.5, 0.6) is 0 Å². The second kappa shape index (κ2) is 9.16. The number of carbonyl (C=O) groups excluding carboxylic acids is 2. The summed E-state index contributed by atoms with van der Waals surface area (Å²) in [6.07, 6.45) is 2.16. The molecule has 1 N–H and O–H groups in total. The van der Waals surface area contributed by atoms with E-state index in [9.17, 15) is 14.0 Å². The molecule has 1 aromatic heterocycles. The number of likely N-dealkylation sites (tertiary alicyclic amines) is 1. The van der Waals surface area contributed by atoms with E-state index in [1.807, 2.05) is 24.3 Å². The number of carbonyl (C=O) groups is 2. The lowest BCUT2D eigenvalue weighted by Crippen LogP contribution is -2.48. The van der Waals surface area contributed by atoms with Gasteiger partial charge in [0.25, 0.3) is 5.91 Å². The fourth-order valence-corrected chi connectivity index (χ4v) is 4.11. The van der Waals surface area contributed by atoms with Crippen molar-refractivity contribution in [3.05, 3.63) is 95.2 Å². The first-order valence-corrected chi connectivity index (χ1v) is 10.4. The maximum atomic E-state index is 13.8. The number of piperidine rings is 1. The normalized spacial score (nSPS) is 18.6. The van der Waals surface area contributed by atoms with Gasteiger partial charge < -0.3 is 14.6 Å². The van der Waals surface area contributed by atoms with Gasteiger partial charge in [0.2, 0.25) is 5.91 Å². The van der Waals surface area contributed by atoms with Crippen LogP contribution in [0.2, 0.25) is 0 Å². The third-order valence-electron chi connectivity index (χ3n) is 5.80. The van der Waals surface area contributed by atoms with Crippen LogP contribution in [-0.4, -0.2) is 29.8 Å². The van der Waals surface area contributed by atoms with Crippen molar-refractivity contribution in [3.8, 4) is 0 Å². The summed E-state index contributed by atoms with van der Waals surface area (Å²) in [5, 5.41) is 2.92. The molecule has 160 valence electrons. The molecule has 2 aromatic carbocycles. The van der Waals surface area contributed by atoms with E-state index in [0.717, 1.165) is 5.56 Å². The van der Waals surface area contributed by atoms with Gasteiger partial charge in [0, 0.05) is 24.6 Å². The van der Waals surface area contributed by atoms with Crippen LogP contribution >= 0.6 is 0 Å². The molecule has 0 spiro atoms. The Labute approximate surface area is 180 Å². The van der Waals surface area contributed by atoms with Gasteiger partial charge in [0.15, 0.2) is 0 Å². The largest absolute Gasteiger partial charge is 0.467 e. The topological polar surface area (TPSA) is 62.6 Å². The maximum absolute atomic E-state index is 13.8. The molecule has 4 rings (SSSR count). The van der Waals surface area contributed by atoms with Crippen molar-refractivity contribution < 1.29 is 18.4 Å². The van der Waals surface area contributed by atoms with Gasteiger partial charge in [0.1, 0.15) is 11.6 Å². The van der Waals surface area contributed by atoms with Crippen molar-refractivity contribution in [3.63, 3.8) is 0 Å². The average Bonchev–Trinajstić information content (AvgIpc) is 3.33. The summed E-state index contributed by atoms with van der Waals surface area (Å²) in [6.45, 7) is 2.85. The maximum Gasteiger partial charge on any atom is 0.253 e. The highest BCUT2D eigenvalue weighted by molar-refractivity contribution is 5.94. The van der Waals surface area contributed by atoms with Crippen LogP contribution in [-0.2, 0) is 11.3 Å². The van der Waals surface area contributed by atoms with Gasteiger partial charge in [0.05, 0.1) is 18.7 Å². The molecule has 1 saturated heterocycles. The minimum Gasteiger partial charge on any atom is -0.467 e. The fourth-order valence-electron chi connectivity index (χ4n) is 4.11. The number of aryl methyl sites for hydroxylation is 1. The molecule has 2 amide bonds. The number of hydrogen-bond acceptors (Lipinski definition) is 3. The third-order valence-corrected chi connectivity index (χ3v) is 5.80. The fraction of sp³-hybridized carbons (Fsp3) is 0.280. The Balaban J connectivity index is 1.55. The van der Waals surface area contributed by atoms with Gasteiger partial charge in [-0.2, -0.15) is 0 Å². The van der Waals surface area contributed by atoms with Crippen molar-refractivity contribution >= 4 is 11.8 Å². The Bertz CT molecular complexity index is 1050. The lowest BCUT2D eigenvalue weighted by Gasteiger charge is -2.37. The predicted octanol–water partition coefficient (Wildman–Crippen LogP) is 4.29. The second-order valence-electron chi connectivity index (χ2n) is 8.01. The molecule has 1 fully saturated rings. The number of amides is 2. The van der Waals surface area contributed by atoms with Gasteiger partial charge >= 0.3 is 0 Å². The molecule has 2 atom stereocenters. The van der Waals surface area contributed by atoms with Crippen LogP contribution in [0.25, 0.3) is 0 Å². The van der Waals surface area contributed by atoms with Crippen LogP contribution in [0.1, 0.15) is 39.6 Å². The molecule has 1 aliphatic heterocycles. The molecule has 3 aromatic rings. The Morgan fingerprint density at radius 3 is 2.61 bits per heavy atom. The van der Waals surface area contributed by atoms with Crippen LogP contribution < -0.4 is 5.32 Å². The minimum atomic E-state index is -0.369. The molecule has 5 nitrogen and oxygen atoms in total. The van der Waals surface area contributed by atoms with Crippen LogP contribution in [0.3, 0.4) is 0 Å². The zero-order valence-electron chi connectivity index (χ0n) is 17.4. The molecule has 31 heavy (non-hydrogen) atoms. The molecule has 0 unspecified atom stereocenters. The Hall–Kier alpha value is -3.41. The number of nitrogens with zero attached hydrogens (tertiary/aromatic N) is 1. The van der Waals surface area contributed by atoms with E-state index in [2.05, 4.69) is 5.32 Å². The van der Waals surface area contributed by atoms with E-state index in [1.165, 1.54) is 6.07 Å². The molecule has 0 radical (unpaired) electrons. The van der Waals surface area contributed by atoms with Crippen LogP contribution in [0.15, 0.2) is 71.3 Å². The van der Waals surface area contributed by atoms with Crippen LogP contribution in [0, 0.1) is 18.7 Å². The second-order valence-corrected chi connectivity index (χ2v) is 8.01. The zero-order chi connectivity index (χ0) is 21.8. The first kappa shape index (κ1) is 20.8. The van der Waals surface area contributed by atoms with Crippen molar-refractivity contribution in [2.45, 2.75) is 25.8 Å². The van der Waals surface area contributed by atoms with Crippen molar-refractivity contribution in [2.24, 2.45) is 5.92 Å². The quantitative estimate of drug-likeness (QED) is 0.670. The first-order chi connectivity index (χ1) is 15.0. The Kier molecular flexibility index (Phi) is 6.16. The van der Waals surface area contributed by atoms with Crippen LogP contribution in [0.4, 0.5) is 4.39 Å². The number of benzene rings is 2. The first-order valence-electron chi connectivity index (χ1n) is 10.4. The highest BCUT2D eigenvalue weighted by Gasteiger charge is 2.35. The summed E-state index contributed by atoms with van der Waals surface area (Å²) >= 11 is 0. The Morgan fingerprint density at radius 1 is 1.10 bits per heavy atom. The van der Waals surface area contributed by atoms with E-state index in [1.54, 1.807) is 48.4 Å². The smallest absolute Gasteiger partial charge is 0.253 e. The average molecular weight is 420 g/mol. The molecule has 0 bridgehead atoms. The molecule has 0 aliphatic carbocycles. The van der Waals surface area contributed by atoms with Gasteiger partial charge in [-0.15, -0.1) is 0 Å². The summed E-state index contributed by atoms with van der Waals surface area (Å²) in [7, 11) is 0. The molecule has 6 heteroatoms. The SMILES string of the molecule is Cc1cc([C@H]2C[C@H](C(=O)NCc3ccco3)CN(C(=O)c3ccccc3)C2)ccc1F. The number of nitrogens with one attached hydrogen (secondary N) is 1. The standard InChI is InChI=1S/C25H25FN2O3/c1-17-12-19(9-10-23(17)26)20-13-21(24(29)27-14-22-8-5-11-31-22)16-28(15-20)25(30)18-6-3-2-4-7-18/h2-12,20-21H,13-16H2,1H3,(H,27,29)/t20-,21-/m0/s1. The monoisotopic (exact) mass is 420 g/mol. The van der Waals surface area contributed by atoms with Gasteiger partial charge in [-0.25, -0.2) is 4.39 Å². The van der Waals surface area contributed by atoms with E-state index in [4.69, 9.17) is 4.42 Å². The molecular formula is C25H25FN2O3. The number of halogens is 1. The molecule has 0 saturated carbocycles. The van der Waals surface area contributed by atoms with Crippen molar-refractivity contribution in [1.82, 2.24) is 10.2 Å². The molecule has 2 heterocycles. The number of rotatable bonds is 5. The van der Waals surface area contributed by atoms with Crippen molar-refractivity contribution in [1.29, 1.82) is 0 Å². The Morgan fingerprint density at radius 2 is 1.90 bits per heavy atom. The number of furan rings is 1. The summed E-state index contributed by atoms with van der Waals surface area (Å²) in [4.78, 5) is 27.8. The van der Waals surface area contributed by atoms with E-state index in [0.29, 0.717) is 42.9 Å². The van der Waals surface area contributed by atoms with E-state index in [-0.39, 0.29) is 29.5 Å². The lowest BCUT2D eigenvalue weighted by molar-refractivity contribution is -0.126. The van der Waals surface area contributed by atoms with E-state index < -0.39 is 0 Å². The van der Waals surface area contributed by atoms with E-state index >= 15 is 0 Å². The molecular weight excluding hydrogens is 395 g/mol. The van der Waals surface area contributed by atoms with Gasteiger partial charge in [-0.1, -0.05) is 30.3 Å². The van der Waals surface area contributed by atoms with Gasteiger partial charge in [-0.05, 0) is 54.8 Å². The molecule has 1 aliphatic rings. The highest BCUT2D eigenvalue weighted by atomic mass is 19.1. The lowest BCUT2D eigenvalue weighted by atomic mass is 9.83. The zero-order valence-corrected chi connectivity index (χ0v) is 17.4. The summed E-state index contributed by atoms with van der Waals surface area (Å²) in [5.41, 5.74) is 2.09. The number of hydrogen-bond donors (Lipinski definition) is 1. The highest BCUT2D eigenvalue weighted by Crippen LogP contribution is 2.32. The summed E-state index contributed by atoms with van der Waals surface area (Å²) < 4.78 is 19.1. The third kappa shape index (κ3) is 4.85. The summed E-state index contributed by atoms with van der Waals surface area (Å²) in [6, 6.07) is 17.7. The summed E-state index contributed by atoms with van der Waals surface area (Å²) in [5.74, 6) is -0.234. The van der Waals surface area contributed by atoms with Crippen molar-refractivity contribution in [2.75, 3.05) is 13.1 Å². The minimum absolute atomic E-state index is 0.0555. The predicted molar refractivity (Wildman–Crippen MR) is 115 cm³/mol.